The summed E-state index contributed by atoms with van der Waals surface area (Å²) in [5.74, 6) is -0.806. The highest BCUT2D eigenvalue weighted by Crippen LogP contribution is 2.15. The average molecular weight is 326 g/mol. The number of pyridine rings is 1. The molecule has 0 aliphatic heterocycles. The van der Waals surface area contributed by atoms with Crippen molar-refractivity contribution in [1.29, 1.82) is 0 Å². The first-order chi connectivity index (χ1) is 11.5. The van der Waals surface area contributed by atoms with Crippen LogP contribution in [0.2, 0.25) is 0 Å². The van der Waals surface area contributed by atoms with E-state index >= 15 is 0 Å². The van der Waals surface area contributed by atoms with Crippen LogP contribution in [0.25, 0.3) is 5.65 Å². The van der Waals surface area contributed by atoms with Crippen LogP contribution in [0, 0.1) is 5.82 Å². The van der Waals surface area contributed by atoms with Gasteiger partial charge in [0, 0.05) is 30.7 Å². The fourth-order valence-corrected chi connectivity index (χ4v) is 2.35. The van der Waals surface area contributed by atoms with Gasteiger partial charge in [0.1, 0.15) is 11.5 Å². The van der Waals surface area contributed by atoms with Gasteiger partial charge in [0.25, 0.3) is 0 Å². The Morgan fingerprint density at radius 1 is 1.12 bits per heavy atom. The normalized spacial score (nSPS) is 10.6. The van der Waals surface area contributed by atoms with Gasteiger partial charge in [-0.05, 0) is 30.3 Å². The van der Waals surface area contributed by atoms with E-state index in [9.17, 15) is 14.0 Å². The molecule has 24 heavy (non-hydrogen) atoms. The second-order valence-corrected chi connectivity index (χ2v) is 5.33. The van der Waals surface area contributed by atoms with Crippen molar-refractivity contribution in [3.63, 3.8) is 0 Å². The molecule has 0 unspecified atom stereocenters. The SMILES string of the molecule is CC(=O)Nc1cccc(NC(=O)Cc2cn3cc(F)ccc3n2)c1. The summed E-state index contributed by atoms with van der Waals surface area (Å²) in [5, 5.41) is 5.40. The highest BCUT2D eigenvalue weighted by Gasteiger charge is 2.09. The van der Waals surface area contributed by atoms with Gasteiger partial charge in [0.15, 0.2) is 0 Å². The molecule has 0 bridgehead atoms. The lowest BCUT2D eigenvalue weighted by molar-refractivity contribution is -0.116. The molecule has 0 atom stereocenters. The number of aromatic nitrogens is 2. The van der Waals surface area contributed by atoms with Crippen molar-refractivity contribution in [2.45, 2.75) is 13.3 Å². The number of rotatable bonds is 4. The van der Waals surface area contributed by atoms with Crippen LogP contribution >= 0.6 is 0 Å². The van der Waals surface area contributed by atoms with Gasteiger partial charge in [-0.2, -0.15) is 0 Å². The zero-order chi connectivity index (χ0) is 17.1. The van der Waals surface area contributed by atoms with Gasteiger partial charge in [-0.15, -0.1) is 0 Å². The molecule has 2 N–H and O–H groups in total. The van der Waals surface area contributed by atoms with Crippen molar-refractivity contribution in [3.8, 4) is 0 Å². The van der Waals surface area contributed by atoms with Gasteiger partial charge < -0.3 is 15.0 Å². The van der Waals surface area contributed by atoms with Crippen LogP contribution in [0.1, 0.15) is 12.6 Å². The lowest BCUT2D eigenvalue weighted by atomic mass is 10.2. The molecule has 1 aromatic carbocycles. The van der Waals surface area contributed by atoms with Gasteiger partial charge in [-0.3, -0.25) is 9.59 Å². The fraction of sp³-hybridized carbons (Fsp3) is 0.118. The number of amides is 2. The molecular formula is C17H15FN4O2. The van der Waals surface area contributed by atoms with Gasteiger partial charge in [-0.25, -0.2) is 9.37 Å². The van der Waals surface area contributed by atoms with Crippen molar-refractivity contribution in [3.05, 3.63) is 60.3 Å². The zero-order valence-electron chi connectivity index (χ0n) is 12.9. The number of carbonyl (C=O) groups is 2. The van der Waals surface area contributed by atoms with E-state index in [-0.39, 0.29) is 24.1 Å². The van der Waals surface area contributed by atoms with Crippen molar-refractivity contribution in [2.75, 3.05) is 10.6 Å². The molecule has 0 radical (unpaired) electrons. The van der Waals surface area contributed by atoms with Crippen molar-refractivity contribution < 1.29 is 14.0 Å². The Hall–Kier alpha value is -3.22. The van der Waals surface area contributed by atoms with E-state index in [0.717, 1.165) is 0 Å². The molecule has 2 heterocycles. The quantitative estimate of drug-likeness (QED) is 0.774. The molecule has 122 valence electrons. The maximum atomic E-state index is 13.2. The molecule has 0 fully saturated rings. The first-order valence-electron chi connectivity index (χ1n) is 7.30. The number of imidazole rings is 1. The highest BCUT2D eigenvalue weighted by molar-refractivity contribution is 5.94. The van der Waals surface area contributed by atoms with Gasteiger partial charge in [0.2, 0.25) is 11.8 Å². The van der Waals surface area contributed by atoms with E-state index in [0.29, 0.717) is 22.7 Å². The molecule has 0 saturated carbocycles. The summed E-state index contributed by atoms with van der Waals surface area (Å²) in [6.07, 6.45) is 2.99. The average Bonchev–Trinajstić information content (AvgIpc) is 2.87. The number of nitrogens with zero attached hydrogens (tertiary/aromatic N) is 2. The summed E-state index contributed by atoms with van der Waals surface area (Å²) in [5.41, 5.74) is 2.28. The Kier molecular flexibility index (Phi) is 4.24. The van der Waals surface area contributed by atoms with E-state index < -0.39 is 0 Å². The van der Waals surface area contributed by atoms with Crippen LogP contribution in [-0.4, -0.2) is 21.2 Å². The monoisotopic (exact) mass is 326 g/mol. The molecule has 0 aliphatic rings. The number of hydrogen-bond acceptors (Lipinski definition) is 3. The zero-order valence-corrected chi connectivity index (χ0v) is 12.9. The minimum atomic E-state index is -0.370. The third-order valence-electron chi connectivity index (χ3n) is 3.27. The molecule has 0 aliphatic carbocycles. The predicted octanol–water partition coefficient (Wildman–Crippen LogP) is 2.61. The molecule has 6 nitrogen and oxygen atoms in total. The van der Waals surface area contributed by atoms with E-state index in [1.54, 1.807) is 36.5 Å². The van der Waals surface area contributed by atoms with Crippen molar-refractivity contribution in [1.82, 2.24) is 9.38 Å². The number of fused-ring (bicyclic) bond motifs is 1. The summed E-state index contributed by atoms with van der Waals surface area (Å²) >= 11 is 0. The number of benzene rings is 1. The number of anilines is 2. The van der Waals surface area contributed by atoms with Crippen LogP contribution in [0.15, 0.2) is 48.8 Å². The highest BCUT2D eigenvalue weighted by atomic mass is 19.1. The third kappa shape index (κ3) is 3.75. The smallest absolute Gasteiger partial charge is 0.230 e. The molecule has 2 amide bonds. The van der Waals surface area contributed by atoms with Crippen LogP contribution < -0.4 is 10.6 Å². The summed E-state index contributed by atoms with van der Waals surface area (Å²) in [4.78, 5) is 27.5. The Bertz CT molecular complexity index is 920. The van der Waals surface area contributed by atoms with E-state index in [1.807, 2.05) is 0 Å². The minimum absolute atomic E-state index is 0.0632. The molecule has 7 heteroatoms. The molecular weight excluding hydrogens is 311 g/mol. The van der Waals surface area contributed by atoms with Gasteiger partial charge >= 0.3 is 0 Å². The van der Waals surface area contributed by atoms with E-state index in [1.165, 1.54) is 23.6 Å². The number of carbonyl (C=O) groups excluding carboxylic acids is 2. The van der Waals surface area contributed by atoms with Crippen LogP contribution in [0.5, 0.6) is 0 Å². The van der Waals surface area contributed by atoms with E-state index in [4.69, 9.17) is 0 Å². The minimum Gasteiger partial charge on any atom is -0.326 e. The molecule has 2 aromatic heterocycles. The largest absolute Gasteiger partial charge is 0.326 e. The third-order valence-corrected chi connectivity index (χ3v) is 3.27. The Morgan fingerprint density at radius 2 is 1.88 bits per heavy atom. The van der Waals surface area contributed by atoms with Gasteiger partial charge in [-0.1, -0.05) is 6.07 Å². The van der Waals surface area contributed by atoms with Crippen LogP contribution in [0.4, 0.5) is 15.8 Å². The fourth-order valence-electron chi connectivity index (χ4n) is 2.35. The van der Waals surface area contributed by atoms with Crippen molar-refractivity contribution >= 4 is 28.8 Å². The second kappa shape index (κ2) is 6.49. The maximum Gasteiger partial charge on any atom is 0.230 e. The summed E-state index contributed by atoms with van der Waals surface area (Å²) < 4.78 is 14.7. The number of halogens is 1. The topological polar surface area (TPSA) is 75.5 Å². The molecule has 0 spiro atoms. The summed E-state index contributed by atoms with van der Waals surface area (Å²) in [6.45, 7) is 1.41. The maximum absolute atomic E-state index is 13.2. The van der Waals surface area contributed by atoms with Gasteiger partial charge in [0.05, 0.1) is 12.1 Å². The Labute approximate surface area is 137 Å². The summed E-state index contributed by atoms with van der Waals surface area (Å²) in [6, 6.07) is 9.72. The van der Waals surface area contributed by atoms with Crippen LogP contribution in [0.3, 0.4) is 0 Å². The van der Waals surface area contributed by atoms with Crippen molar-refractivity contribution in [2.24, 2.45) is 0 Å². The summed E-state index contributed by atoms with van der Waals surface area (Å²) in [7, 11) is 0. The molecule has 3 aromatic rings. The van der Waals surface area contributed by atoms with E-state index in [2.05, 4.69) is 15.6 Å². The van der Waals surface area contributed by atoms with Crippen LogP contribution in [-0.2, 0) is 16.0 Å². The molecule has 3 rings (SSSR count). The Balaban J connectivity index is 1.69. The Morgan fingerprint density at radius 3 is 2.62 bits per heavy atom. The first kappa shape index (κ1) is 15.7. The second-order valence-electron chi connectivity index (χ2n) is 5.33. The number of hydrogen-bond donors (Lipinski definition) is 2. The number of nitrogens with one attached hydrogen (secondary N) is 2. The first-order valence-corrected chi connectivity index (χ1v) is 7.30. The lowest BCUT2D eigenvalue weighted by Crippen LogP contribution is -2.15. The lowest BCUT2D eigenvalue weighted by Gasteiger charge is -2.07. The predicted molar refractivity (Wildman–Crippen MR) is 88.2 cm³/mol. The molecule has 0 saturated heterocycles. The standard InChI is InChI=1S/C17H15FN4O2/c1-11(23)19-13-3-2-4-14(7-13)21-17(24)8-15-10-22-9-12(18)5-6-16(22)20-15/h2-7,9-10H,8H2,1H3,(H,19,23)(H,21,24).